The van der Waals surface area contributed by atoms with Crippen LogP contribution in [-0.4, -0.2) is 10.5 Å². The van der Waals surface area contributed by atoms with Crippen molar-refractivity contribution in [2.24, 2.45) is 5.73 Å². The summed E-state index contributed by atoms with van der Waals surface area (Å²) in [4.78, 5) is 11.3. The Morgan fingerprint density at radius 1 is 1.21 bits per heavy atom. The number of amides is 1. The number of fused-ring (bicyclic) bond motifs is 1. The molecule has 4 nitrogen and oxygen atoms in total. The number of para-hydroxylation sites is 1. The number of hydrogen-bond acceptors (Lipinski definition) is 2. The van der Waals surface area contributed by atoms with Gasteiger partial charge in [-0.2, -0.15) is 5.26 Å². The molecular formula is C19H14FN3O. The van der Waals surface area contributed by atoms with Crippen LogP contribution in [0.2, 0.25) is 0 Å². The van der Waals surface area contributed by atoms with Gasteiger partial charge in [0.1, 0.15) is 17.5 Å². The molecule has 118 valence electrons. The van der Waals surface area contributed by atoms with Gasteiger partial charge in [-0.3, -0.25) is 4.79 Å². The van der Waals surface area contributed by atoms with Gasteiger partial charge in [0.25, 0.3) is 5.91 Å². The molecule has 0 bridgehead atoms. The fourth-order valence-corrected chi connectivity index (χ4v) is 2.62. The van der Waals surface area contributed by atoms with Gasteiger partial charge in [-0.15, -0.1) is 0 Å². The molecule has 0 atom stereocenters. The molecule has 2 aromatic carbocycles. The lowest BCUT2D eigenvalue weighted by atomic mass is 10.1. The van der Waals surface area contributed by atoms with E-state index >= 15 is 0 Å². The lowest BCUT2D eigenvalue weighted by Gasteiger charge is -2.05. The second-order valence-corrected chi connectivity index (χ2v) is 5.39. The van der Waals surface area contributed by atoms with E-state index in [1.54, 1.807) is 12.1 Å². The number of halogens is 1. The summed E-state index contributed by atoms with van der Waals surface area (Å²) in [6.07, 6.45) is 3.35. The van der Waals surface area contributed by atoms with Crippen LogP contribution in [0.3, 0.4) is 0 Å². The van der Waals surface area contributed by atoms with Gasteiger partial charge < -0.3 is 10.3 Å². The van der Waals surface area contributed by atoms with E-state index in [4.69, 9.17) is 11.0 Å². The predicted molar refractivity (Wildman–Crippen MR) is 90.2 cm³/mol. The van der Waals surface area contributed by atoms with E-state index in [-0.39, 0.29) is 11.4 Å². The van der Waals surface area contributed by atoms with Crippen LogP contribution in [0.5, 0.6) is 0 Å². The topological polar surface area (TPSA) is 71.8 Å². The quantitative estimate of drug-likeness (QED) is 0.592. The van der Waals surface area contributed by atoms with E-state index < -0.39 is 5.91 Å². The molecule has 3 rings (SSSR count). The zero-order valence-electron chi connectivity index (χ0n) is 12.7. The number of aromatic nitrogens is 1. The van der Waals surface area contributed by atoms with Crippen LogP contribution in [0.4, 0.5) is 4.39 Å². The van der Waals surface area contributed by atoms with Crippen molar-refractivity contribution in [3.05, 3.63) is 77.2 Å². The third kappa shape index (κ3) is 3.03. The summed E-state index contributed by atoms with van der Waals surface area (Å²) in [6, 6.07) is 15.8. The molecule has 1 aromatic heterocycles. The van der Waals surface area contributed by atoms with Gasteiger partial charge in [-0.1, -0.05) is 30.3 Å². The van der Waals surface area contributed by atoms with Crippen molar-refractivity contribution < 1.29 is 9.18 Å². The molecule has 0 aliphatic rings. The van der Waals surface area contributed by atoms with Crippen molar-refractivity contribution in [3.63, 3.8) is 0 Å². The van der Waals surface area contributed by atoms with E-state index in [1.807, 2.05) is 41.1 Å². The van der Waals surface area contributed by atoms with Gasteiger partial charge in [0.15, 0.2) is 0 Å². The van der Waals surface area contributed by atoms with Crippen LogP contribution in [-0.2, 0) is 11.3 Å². The number of carbonyl (C=O) groups is 1. The molecular weight excluding hydrogens is 305 g/mol. The van der Waals surface area contributed by atoms with Gasteiger partial charge in [0, 0.05) is 29.2 Å². The number of nitrogens with zero attached hydrogens (tertiary/aromatic N) is 2. The van der Waals surface area contributed by atoms with Gasteiger partial charge in [-0.05, 0) is 29.8 Å². The van der Waals surface area contributed by atoms with Crippen molar-refractivity contribution in [2.75, 3.05) is 0 Å². The summed E-state index contributed by atoms with van der Waals surface area (Å²) >= 11 is 0. The Hall–Kier alpha value is -3.39. The second-order valence-electron chi connectivity index (χ2n) is 5.39. The first-order valence-corrected chi connectivity index (χ1v) is 7.32. The molecule has 0 aliphatic heterocycles. The van der Waals surface area contributed by atoms with Crippen molar-refractivity contribution in [2.45, 2.75) is 6.54 Å². The van der Waals surface area contributed by atoms with Crippen molar-refractivity contribution in [1.82, 2.24) is 4.57 Å². The number of rotatable bonds is 4. The number of carbonyl (C=O) groups excluding carboxylic acids is 1. The molecule has 0 saturated heterocycles. The maximum absolute atomic E-state index is 13.1. The average molecular weight is 319 g/mol. The first-order chi connectivity index (χ1) is 11.6. The normalized spacial score (nSPS) is 11.4. The maximum Gasteiger partial charge on any atom is 0.259 e. The molecule has 1 heterocycles. The zero-order valence-corrected chi connectivity index (χ0v) is 12.7. The molecule has 5 heteroatoms. The third-order valence-electron chi connectivity index (χ3n) is 3.77. The summed E-state index contributed by atoms with van der Waals surface area (Å²) in [6.45, 7) is 0.549. The van der Waals surface area contributed by atoms with Crippen LogP contribution >= 0.6 is 0 Å². The highest BCUT2D eigenvalue weighted by atomic mass is 19.1. The Balaban J connectivity index is 2.08. The fraction of sp³-hybridized carbons (Fsp3) is 0.0526. The zero-order chi connectivity index (χ0) is 17.1. The van der Waals surface area contributed by atoms with Crippen LogP contribution in [0.15, 0.2) is 60.3 Å². The lowest BCUT2D eigenvalue weighted by Crippen LogP contribution is -2.12. The lowest BCUT2D eigenvalue weighted by molar-refractivity contribution is -0.114. The van der Waals surface area contributed by atoms with Crippen molar-refractivity contribution in [3.8, 4) is 6.07 Å². The van der Waals surface area contributed by atoms with Crippen LogP contribution < -0.4 is 5.73 Å². The maximum atomic E-state index is 13.1. The first kappa shape index (κ1) is 15.5. The number of nitrogens with two attached hydrogens (primary N) is 1. The Kier molecular flexibility index (Phi) is 4.13. The largest absolute Gasteiger partial charge is 0.365 e. The minimum atomic E-state index is -0.757. The standard InChI is InChI=1S/C19H14FN3O/c20-16-7-5-13(6-8-16)11-23-12-15(9-14(10-21)19(22)24)17-3-1-2-4-18(17)23/h1-9,12H,11H2,(H2,22,24). The molecule has 24 heavy (non-hydrogen) atoms. The summed E-state index contributed by atoms with van der Waals surface area (Å²) in [5, 5.41) is 9.95. The van der Waals surface area contributed by atoms with E-state index in [1.165, 1.54) is 18.2 Å². The monoisotopic (exact) mass is 319 g/mol. The highest BCUT2D eigenvalue weighted by Gasteiger charge is 2.10. The molecule has 0 spiro atoms. The van der Waals surface area contributed by atoms with Crippen LogP contribution in [0.25, 0.3) is 17.0 Å². The predicted octanol–water partition coefficient (Wildman–Crippen LogP) is 3.22. The molecule has 0 radical (unpaired) electrons. The fourth-order valence-electron chi connectivity index (χ4n) is 2.62. The molecule has 1 amide bonds. The summed E-state index contributed by atoms with van der Waals surface area (Å²) in [7, 11) is 0. The molecule has 2 N–H and O–H groups in total. The smallest absolute Gasteiger partial charge is 0.259 e. The van der Waals surface area contributed by atoms with Crippen LogP contribution in [0.1, 0.15) is 11.1 Å². The Bertz CT molecular complexity index is 978. The average Bonchev–Trinajstić information content (AvgIpc) is 2.92. The Labute approximate surface area is 138 Å². The van der Waals surface area contributed by atoms with Crippen molar-refractivity contribution in [1.29, 1.82) is 5.26 Å². The number of primary amides is 1. The molecule has 0 aliphatic carbocycles. The minimum absolute atomic E-state index is 0.0975. The van der Waals surface area contributed by atoms with Gasteiger partial charge in [0.2, 0.25) is 0 Å². The Morgan fingerprint density at radius 2 is 1.92 bits per heavy atom. The van der Waals surface area contributed by atoms with E-state index in [0.29, 0.717) is 6.54 Å². The summed E-state index contributed by atoms with van der Waals surface area (Å²) in [5.41, 5.74) is 7.75. The minimum Gasteiger partial charge on any atom is -0.365 e. The van der Waals surface area contributed by atoms with E-state index in [2.05, 4.69) is 0 Å². The van der Waals surface area contributed by atoms with Crippen LogP contribution in [0, 0.1) is 17.1 Å². The SMILES string of the molecule is N#CC(=Cc1cn(Cc2ccc(F)cc2)c2ccccc12)C(N)=O. The summed E-state index contributed by atoms with van der Waals surface area (Å²) < 4.78 is 15.0. The number of nitriles is 1. The van der Waals surface area contributed by atoms with Crippen molar-refractivity contribution >= 4 is 22.9 Å². The molecule has 0 fully saturated rings. The number of benzene rings is 2. The highest BCUT2D eigenvalue weighted by molar-refractivity contribution is 6.03. The molecule has 0 unspecified atom stereocenters. The second kappa shape index (κ2) is 6.39. The van der Waals surface area contributed by atoms with Gasteiger partial charge in [-0.25, -0.2) is 4.39 Å². The van der Waals surface area contributed by atoms with E-state index in [0.717, 1.165) is 22.0 Å². The summed E-state index contributed by atoms with van der Waals surface area (Å²) in [5.74, 6) is -1.03. The van der Waals surface area contributed by atoms with Gasteiger partial charge >= 0.3 is 0 Å². The Morgan fingerprint density at radius 3 is 2.58 bits per heavy atom. The first-order valence-electron chi connectivity index (χ1n) is 7.32. The molecule has 0 saturated carbocycles. The van der Waals surface area contributed by atoms with Gasteiger partial charge in [0.05, 0.1) is 0 Å². The highest BCUT2D eigenvalue weighted by Crippen LogP contribution is 2.24. The molecule has 3 aromatic rings. The number of hydrogen-bond donors (Lipinski definition) is 1. The third-order valence-corrected chi connectivity index (χ3v) is 3.77. The van der Waals surface area contributed by atoms with E-state index in [9.17, 15) is 9.18 Å².